The molecule has 0 unspecified atom stereocenters. The maximum absolute atomic E-state index is 13.4. The zero-order valence-electron chi connectivity index (χ0n) is 17.7. The van der Waals surface area contributed by atoms with Crippen LogP contribution >= 0.6 is 22.7 Å². The van der Waals surface area contributed by atoms with Crippen LogP contribution < -0.4 is 5.32 Å². The highest BCUT2D eigenvalue weighted by atomic mass is 32.1. The van der Waals surface area contributed by atoms with Gasteiger partial charge in [-0.05, 0) is 49.9 Å². The van der Waals surface area contributed by atoms with E-state index < -0.39 is 5.97 Å². The lowest BCUT2D eigenvalue weighted by atomic mass is 10.1. The van der Waals surface area contributed by atoms with Crippen molar-refractivity contribution in [1.82, 2.24) is 4.98 Å². The van der Waals surface area contributed by atoms with Crippen molar-refractivity contribution in [3.05, 3.63) is 69.4 Å². The second-order valence-electron chi connectivity index (χ2n) is 7.04. The Kier molecular flexibility index (Phi) is 6.16. The van der Waals surface area contributed by atoms with Crippen LogP contribution in [0.5, 0.6) is 0 Å². The topological polar surface area (TPSA) is 85.4 Å². The Balaban J connectivity index is 1.80. The number of para-hydroxylation sites is 1. The number of fused-ring (bicyclic) bond motifs is 1. The first-order valence-electron chi connectivity index (χ1n) is 9.97. The standard InChI is InChI=1S/C24H20N2O4S2/c1-4-30-24(29)20-13(2)21(14(3)27)32-23(20)26-22(28)16-12-18(19-10-7-11-31-19)25-17-9-6-5-8-15(16)17/h5-12H,4H2,1-3H3,(H,26,28). The number of aromatic nitrogens is 1. The zero-order chi connectivity index (χ0) is 22.8. The molecule has 4 aromatic rings. The first-order chi connectivity index (χ1) is 15.4. The second kappa shape index (κ2) is 9.02. The van der Waals surface area contributed by atoms with Crippen molar-refractivity contribution in [3.63, 3.8) is 0 Å². The zero-order valence-corrected chi connectivity index (χ0v) is 19.4. The van der Waals surface area contributed by atoms with Gasteiger partial charge in [0.2, 0.25) is 0 Å². The van der Waals surface area contributed by atoms with E-state index in [1.54, 1.807) is 19.9 Å². The van der Waals surface area contributed by atoms with Gasteiger partial charge in [0.25, 0.3) is 5.91 Å². The molecule has 1 aromatic carbocycles. The molecule has 0 spiro atoms. The number of nitrogens with one attached hydrogen (secondary N) is 1. The van der Waals surface area contributed by atoms with Gasteiger partial charge >= 0.3 is 5.97 Å². The number of carbonyl (C=O) groups excluding carboxylic acids is 3. The summed E-state index contributed by atoms with van der Waals surface area (Å²) in [4.78, 5) is 44.1. The molecule has 0 fully saturated rings. The lowest BCUT2D eigenvalue weighted by Crippen LogP contribution is -2.15. The maximum Gasteiger partial charge on any atom is 0.341 e. The molecule has 6 nitrogen and oxygen atoms in total. The number of amides is 1. The van der Waals surface area contributed by atoms with Crippen LogP contribution in [0.15, 0.2) is 47.8 Å². The average molecular weight is 465 g/mol. The van der Waals surface area contributed by atoms with Crippen molar-refractivity contribution in [2.24, 2.45) is 0 Å². The largest absolute Gasteiger partial charge is 0.462 e. The lowest BCUT2D eigenvalue weighted by Gasteiger charge is -2.10. The van der Waals surface area contributed by atoms with Crippen LogP contribution in [0.1, 0.15) is 49.8 Å². The van der Waals surface area contributed by atoms with Gasteiger partial charge in [-0.25, -0.2) is 9.78 Å². The van der Waals surface area contributed by atoms with E-state index >= 15 is 0 Å². The Morgan fingerprint density at radius 2 is 1.91 bits per heavy atom. The predicted octanol–water partition coefficient (Wildman–Crippen LogP) is 5.96. The average Bonchev–Trinajstić information content (AvgIpc) is 3.41. The number of benzene rings is 1. The van der Waals surface area contributed by atoms with Crippen LogP contribution in [-0.2, 0) is 4.74 Å². The summed E-state index contributed by atoms with van der Waals surface area (Å²) in [7, 11) is 0. The van der Waals surface area contributed by atoms with E-state index in [0.717, 1.165) is 16.2 Å². The smallest absolute Gasteiger partial charge is 0.341 e. The molecule has 0 saturated heterocycles. The Hall–Kier alpha value is -3.36. The molecular weight excluding hydrogens is 444 g/mol. The van der Waals surface area contributed by atoms with Crippen LogP contribution in [0.25, 0.3) is 21.5 Å². The number of nitrogens with zero attached hydrogens (tertiary/aromatic N) is 1. The first kappa shape index (κ1) is 21.9. The summed E-state index contributed by atoms with van der Waals surface area (Å²) in [5.41, 5.74) is 2.55. The molecule has 162 valence electrons. The molecule has 4 rings (SSSR count). The van der Waals surface area contributed by atoms with Crippen LogP contribution in [0.2, 0.25) is 0 Å². The summed E-state index contributed by atoms with van der Waals surface area (Å²) >= 11 is 2.62. The van der Waals surface area contributed by atoms with Crippen molar-refractivity contribution >= 4 is 56.2 Å². The minimum absolute atomic E-state index is 0.173. The molecule has 0 aliphatic rings. The fourth-order valence-corrected chi connectivity index (χ4v) is 5.24. The maximum atomic E-state index is 13.4. The quantitative estimate of drug-likeness (QED) is 0.281. The van der Waals surface area contributed by atoms with Gasteiger partial charge in [-0.2, -0.15) is 0 Å². The number of ether oxygens (including phenoxy) is 1. The van der Waals surface area contributed by atoms with E-state index in [0.29, 0.717) is 37.6 Å². The van der Waals surface area contributed by atoms with Gasteiger partial charge in [0.05, 0.1) is 38.7 Å². The monoisotopic (exact) mass is 464 g/mol. The third kappa shape index (κ3) is 4.06. The van der Waals surface area contributed by atoms with Crippen LogP contribution in [0.3, 0.4) is 0 Å². The second-order valence-corrected chi connectivity index (χ2v) is 9.01. The molecule has 1 amide bonds. The highest BCUT2D eigenvalue weighted by Gasteiger charge is 2.26. The molecule has 3 aromatic heterocycles. The number of thiophene rings is 2. The normalized spacial score (nSPS) is 10.8. The number of hydrogen-bond acceptors (Lipinski definition) is 7. The SMILES string of the molecule is CCOC(=O)c1c(NC(=O)c2cc(-c3cccs3)nc3ccccc23)sc(C(C)=O)c1C. The van der Waals surface area contributed by atoms with E-state index in [9.17, 15) is 14.4 Å². The van der Waals surface area contributed by atoms with Crippen LogP contribution in [-0.4, -0.2) is 29.3 Å². The number of esters is 1. The van der Waals surface area contributed by atoms with Gasteiger partial charge in [0.1, 0.15) is 5.00 Å². The van der Waals surface area contributed by atoms with Gasteiger partial charge in [-0.3, -0.25) is 9.59 Å². The molecule has 0 radical (unpaired) electrons. The van der Waals surface area contributed by atoms with Gasteiger partial charge in [0, 0.05) is 5.39 Å². The van der Waals surface area contributed by atoms with E-state index in [1.807, 2.05) is 41.8 Å². The molecule has 0 atom stereocenters. The fourth-order valence-electron chi connectivity index (χ4n) is 3.47. The summed E-state index contributed by atoms with van der Waals surface area (Å²) in [6.07, 6.45) is 0. The molecule has 8 heteroatoms. The summed E-state index contributed by atoms with van der Waals surface area (Å²) < 4.78 is 5.16. The van der Waals surface area contributed by atoms with Gasteiger partial charge < -0.3 is 10.1 Å². The highest BCUT2D eigenvalue weighted by molar-refractivity contribution is 7.18. The van der Waals surface area contributed by atoms with Crippen molar-refractivity contribution in [2.75, 3.05) is 11.9 Å². The van der Waals surface area contributed by atoms with Crippen LogP contribution in [0, 0.1) is 6.92 Å². The number of carbonyl (C=O) groups is 3. The molecule has 32 heavy (non-hydrogen) atoms. The fraction of sp³-hybridized carbons (Fsp3) is 0.167. The number of Topliss-reactive ketones (excluding diaryl/α,β-unsaturated/α-hetero) is 1. The van der Waals surface area contributed by atoms with Crippen molar-refractivity contribution in [2.45, 2.75) is 20.8 Å². The molecule has 0 aliphatic heterocycles. The first-order valence-corrected chi connectivity index (χ1v) is 11.7. The van der Waals surface area contributed by atoms with Crippen LogP contribution in [0.4, 0.5) is 5.00 Å². The van der Waals surface area contributed by atoms with E-state index in [1.165, 1.54) is 18.3 Å². The molecule has 0 bridgehead atoms. The Morgan fingerprint density at radius 1 is 1.12 bits per heavy atom. The Bertz CT molecular complexity index is 1340. The van der Waals surface area contributed by atoms with E-state index in [2.05, 4.69) is 5.32 Å². The van der Waals surface area contributed by atoms with Gasteiger partial charge in [-0.15, -0.1) is 22.7 Å². The summed E-state index contributed by atoms with van der Waals surface area (Å²) in [5, 5.41) is 5.80. The number of hydrogen-bond donors (Lipinski definition) is 1. The summed E-state index contributed by atoms with van der Waals surface area (Å²) in [6, 6.07) is 13.0. The molecule has 1 N–H and O–H groups in total. The van der Waals surface area contributed by atoms with Gasteiger partial charge in [0.15, 0.2) is 5.78 Å². The third-order valence-corrected chi connectivity index (χ3v) is 7.11. The van der Waals surface area contributed by atoms with E-state index in [-0.39, 0.29) is 23.9 Å². The number of ketones is 1. The minimum atomic E-state index is -0.567. The molecule has 0 aliphatic carbocycles. The molecular formula is C24H20N2O4S2. The van der Waals surface area contributed by atoms with E-state index in [4.69, 9.17) is 9.72 Å². The molecule has 3 heterocycles. The van der Waals surface area contributed by atoms with Crippen molar-refractivity contribution < 1.29 is 19.1 Å². The third-order valence-electron chi connectivity index (χ3n) is 4.91. The Morgan fingerprint density at radius 3 is 2.59 bits per heavy atom. The number of anilines is 1. The summed E-state index contributed by atoms with van der Waals surface area (Å²) in [6.45, 7) is 5.02. The lowest BCUT2D eigenvalue weighted by molar-refractivity contribution is 0.0527. The summed E-state index contributed by atoms with van der Waals surface area (Å²) in [5.74, 6) is -1.13. The highest BCUT2D eigenvalue weighted by Crippen LogP contribution is 2.35. The molecule has 0 saturated carbocycles. The Labute approximate surface area is 192 Å². The van der Waals surface area contributed by atoms with Gasteiger partial charge in [-0.1, -0.05) is 24.3 Å². The minimum Gasteiger partial charge on any atom is -0.462 e. The van der Waals surface area contributed by atoms with Crippen molar-refractivity contribution in [3.8, 4) is 10.6 Å². The number of pyridine rings is 1. The number of rotatable bonds is 6. The predicted molar refractivity (Wildman–Crippen MR) is 128 cm³/mol. The van der Waals surface area contributed by atoms with Crippen molar-refractivity contribution in [1.29, 1.82) is 0 Å².